The van der Waals surface area contributed by atoms with Crippen molar-refractivity contribution in [3.8, 4) is 22.4 Å². The second kappa shape index (κ2) is 7.37. The molecule has 5 nitrogen and oxygen atoms in total. The summed E-state index contributed by atoms with van der Waals surface area (Å²) in [5.74, 6) is -0.757. The summed E-state index contributed by atoms with van der Waals surface area (Å²) in [6, 6.07) is 11.0. The van der Waals surface area contributed by atoms with Crippen LogP contribution >= 0.6 is 0 Å². The van der Waals surface area contributed by atoms with Gasteiger partial charge in [0.05, 0.1) is 5.69 Å². The molecule has 6 rings (SSSR count). The highest BCUT2D eigenvalue weighted by molar-refractivity contribution is 5.91. The van der Waals surface area contributed by atoms with Crippen LogP contribution < -0.4 is 0 Å². The minimum Gasteiger partial charge on any atom is -0.360 e. The second-order valence-electron chi connectivity index (χ2n) is 9.29. The van der Waals surface area contributed by atoms with Gasteiger partial charge in [0, 0.05) is 48.8 Å². The molecule has 2 unspecified atom stereocenters. The molecule has 1 N–H and O–H groups in total. The first-order valence-electron chi connectivity index (χ1n) is 11.2. The smallest absolute Gasteiger partial charge is 0.163 e. The molecule has 0 spiro atoms. The van der Waals surface area contributed by atoms with Gasteiger partial charge in [0.1, 0.15) is 18.0 Å². The zero-order chi connectivity index (χ0) is 21.9. The summed E-state index contributed by atoms with van der Waals surface area (Å²) in [7, 11) is 0. The average molecular weight is 432 g/mol. The Kier molecular flexibility index (Phi) is 4.57. The van der Waals surface area contributed by atoms with Crippen molar-refractivity contribution in [1.29, 1.82) is 0 Å². The molecular weight excluding hydrogens is 405 g/mol. The minimum absolute atomic E-state index is 0.0913. The van der Waals surface area contributed by atoms with Crippen molar-refractivity contribution >= 4 is 5.57 Å². The van der Waals surface area contributed by atoms with E-state index in [1.54, 1.807) is 0 Å². The van der Waals surface area contributed by atoms with Gasteiger partial charge < -0.3 is 14.5 Å². The van der Waals surface area contributed by atoms with E-state index in [2.05, 4.69) is 27.1 Å². The molecule has 3 aliphatic rings. The number of nitrogens with one attached hydrogen (secondary N) is 1. The van der Waals surface area contributed by atoms with Gasteiger partial charge in [0.25, 0.3) is 0 Å². The van der Waals surface area contributed by atoms with Crippen molar-refractivity contribution in [2.75, 3.05) is 13.1 Å². The van der Waals surface area contributed by atoms with Crippen molar-refractivity contribution in [2.24, 2.45) is 0 Å². The Morgan fingerprint density at radius 3 is 2.62 bits per heavy atom. The average Bonchev–Trinajstić information content (AvgIpc) is 3.44. The van der Waals surface area contributed by atoms with E-state index in [-0.39, 0.29) is 18.0 Å². The Morgan fingerprint density at radius 1 is 1.06 bits per heavy atom. The summed E-state index contributed by atoms with van der Waals surface area (Å²) in [6.07, 6.45) is 9.15. The Morgan fingerprint density at radius 2 is 1.84 bits per heavy atom. The molecule has 0 radical (unpaired) electrons. The van der Waals surface area contributed by atoms with Gasteiger partial charge in [-0.25, -0.2) is 4.39 Å². The maximum absolute atomic E-state index is 13.6. The largest absolute Gasteiger partial charge is 0.360 e. The molecule has 2 aromatic heterocycles. The Hall–Kier alpha value is -2.80. The van der Waals surface area contributed by atoms with E-state index in [0.717, 1.165) is 41.9 Å². The number of hydrogen-bond acceptors (Lipinski definition) is 4. The molecule has 0 aliphatic carbocycles. The predicted octanol–water partition coefficient (Wildman–Crippen LogP) is 4.87. The monoisotopic (exact) mass is 431 g/mol. The van der Waals surface area contributed by atoms with Gasteiger partial charge in [0.15, 0.2) is 5.79 Å². The highest BCUT2D eigenvalue weighted by atomic mass is 19.1. The van der Waals surface area contributed by atoms with Gasteiger partial charge >= 0.3 is 0 Å². The number of aromatic nitrogens is 2. The third kappa shape index (κ3) is 3.30. The Balaban J connectivity index is 1.39. The number of hydrogen-bond donors (Lipinski definition) is 1. The molecule has 1 aromatic carbocycles. The van der Waals surface area contributed by atoms with Gasteiger partial charge in [-0.2, -0.15) is 0 Å². The third-order valence-corrected chi connectivity index (χ3v) is 6.81. The minimum atomic E-state index is -0.519. The van der Waals surface area contributed by atoms with Crippen LogP contribution in [-0.2, 0) is 9.47 Å². The zero-order valence-corrected chi connectivity index (χ0v) is 18.2. The van der Waals surface area contributed by atoms with Crippen LogP contribution in [0.3, 0.4) is 0 Å². The van der Waals surface area contributed by atoms with Crippen LogP contribution in [0.4, 0.5) is 4.39 Å². The molecule has 6 heteroatoms. The predicted molar refractivity (Wildman–Crippen MR) is 121 cm³/mol. The quantitative estimate of drug-likeness (QED) is 0.643. The first kappa shape index (κ1) is 19.9. The number of fused-ring (bicyclic) bond motifs is 3. The number of H-pyrrole nitrogens is 1. The number of pyridine rings is 1. The van der Waals surface area contributed by atoms with Crippen LogP contribution in [0.2, 0.25) is 0 Å². The lowest BCUT2D eigenvalue weighted by Crippen LogP contribution is -2.40. The van der Waals surface area contributed by atoms with Crippen molar-refractivity contribution in [3.05, 3.63) is 72.4 Å². The Bertz CT molecular complexity index is 1170. The van der Waals surface area contributed by atoms with Crippen LogP contribution in [-0.4, -0.2) is 52.0 Å². The fraction of sp³-hybridized carbons (Fsp3) is 0.346. The topological polar surface area (TPSA) is 50.4 Å². The van der Waals surface area contributed by atoms with E-state index in [1.165, 1.54) is 23.3 Å². The van der Waals surface area contributed by atoms with Gasteiger partial charge in [-0.05, 0) is 73.4 Å². The summed E-state index contributed by atoms with van der Waals surface area (Å²) in [6.45, 7) is 5.79. The molecule has 5 heterocycles. The molecule has 3 aliphatic heterocycles. The number of benzene rings is 1. The molecule has 2 fully saturated rings. The summed E-state index contributed by atoms with van der Waals surface area (Å²) in [4.78, 5) is 10.1. The van der Waals surface area contributed by atoms with E-state index in [4.69, 9.17) is 9.47 Å². The third-order valence-electron chi connectivity index (χ3n) is 6.81. The van der Waals surface area contributed by atoms with Gasteiger partial charge in [-0.3, -0.25) is 9.88 Å². The van der Waals surface area contributed by atoms with Gasteiger partial charge in [-0.15, -0.1) is 0 Å². The van der Waals surface area contributed by atoms with E-state index in [9.17, 15) is 4.39 Å². The molecule has 0 amide bonds. The van der Waals surface area contributed by atoms with Crippen molar-refractivity contribution in [3.63, 3.8) is 0 Å². The summed E-state index contributed by atoms with van der Waals surface area (Å²) in [5.41, 5.74) is 6.63. The van der Waals surface area contributed by atoms with Gasteiger partial charge in [0.2, 0.25) is 0 Å². The first-order valence-corrected chi connectivity index (χ1v) is 11.2. The summed E-state index contributed by atoms with van der Waals surface area (Å²) < 4.78 is 26.0. The standard InChI is InChI=1S/C26H26FN3O2/c1-26(2)31-22-15-30-12-9-18(13-21(30)25(22)32-26)20-14-29-24(17-3-5-19(27)6-4-17)23(20)16-7-10-28-11-8-16/h3-11,14,21-22,25,29H,12-13,15H2,1-2H3/t21-,22?,25?/m0/s1. The van der Waals surface area contributed by atoms with E-state index < -0.39 is 5.79 Å². The SMILES string of the molecule is CC1(C)OC2CN3CC=C(c4c[nH]c(-c5ccc(F)cc5)c4-c4ccncc4)C[C@H]3C2O1. The second-order valence-corrected chi connectivity index (χ2v) is 9.29. The Labute approximate surface area is 186 Å². The fourth-order valence-corrected chi connectivity index (χ4v) is 5.46. The molecule has 32 heavy (non-hydrogen) atoms. The molecule has 3 atom stereocenters. The fourth-order valence-electron chi connectivity index (χ4n) is 5.46. The maximum Gasteiger partial charge on any atom is 0.163 e. The van der Waals surface area contributed by atoms with Crippen LogP contribution in [0.1, 0.15) is 25.8 Å². The van der Waals surface area contributed by atoms with Crippen LogP contribution in [0.15, 0.2) is 61.1 Å². The van der Waals surface area contributed by atoms with E-state index in [1.807, 2.05) is 50.5 Å². The molecular formula is C26H26FN3O2. The lowest BCUT2D eigenvalue weighted by atomic mass is 9.89. The molecule has 0 saturated carbocycles. The normalized spacial score (nSPS) is 26.6. The van der Waals surface area contributed by atoms with Crippen molar-refractivity contribution in [1.82, 2.24) is 14.9 Å². The molecule has 0 bridgehead atoms. The van der Waals surface area contributed by atoms with Crippen LogP contribution in [0.25, 0.3) is 28.0 Å². The highest BCUT2D eigenvalue weighted by Crippen LogP contribution is 2.44. The molecule has 164 valence electrons. The number of rotatable bonds is 3. The number of ether oxygens (including phenoxy) is 2. The first-order chi connectivity index (χ1) is 15.5. The van der Waals surface area contributed by atoms with E-state index >= 15 is 0 Å². The zero-order valence-electron chi connectivity index (χ0n) is 18.2. The number of halogens is 1. The van der Waals surface area contributed by atoms with Gasteiger partial charge in [-0.1, -0.05) is 6.08 Å². The number of aromatic amines is 1. The summed E-state index contributed by atoms with van der Waals surface area (Å²) >= 11 is 0. The molecule has 3 aromatic rings. The highest BCUT2D eigenvalue weighted by Gasteiger charge is 2.53. The van der Waals surface area contributed by atoms with Crippen LogP contribution in [0, 0.1) is 5.82 Å². The van der Waals surface area contributed by atoms with Crippen molar-refractivity contribution in [2.45, 2.75) is 44.3 Å². The maximum atomic E-state index is 13.6. The van der Waals surface area contributed by atoms with Crippen molar-refractivity contribution < 1.29 is 13.9 Å². The molecule has 2 saturated heterocycles. The lowest BCUT2D eigenvalue weighted by molar-refractivity contribution is -0.160. The van der Waals surface area contributed by atoms with E-state index in [0.29, 0.717) is 6.04 Å². The van der Waals surface area contributed by atoms with Crippen LogP contribution in [0.5, 0.6) is 0 Å². The lowest BCUT2D eigenvalue weighted by Gasteiger charge is -2.33. The summed E-state index contributed by atoms with van der Waals surface area (Å²) in [5, 5.41) is 0. The number of nitrogens with zero attached hydrogens (tertiary/aromatic N) is 2.